The Labute approximate surface area is 198 Å². The minimum atomic E-state index is 0.331. The van der Waals surface area contributed by atoms with E-state index in [-0.39, 0.29) is 0 Å². The summed E-state index contributed by atoms with van der Waals surface area (Å²) in [5.41, 5.74) is 11.3. The van der Waals surface area contributed by atoms with Gasteiger partial charge in [0.25, 0.3) is 0 Å². The van der Waals surface area contributed by atoms with Gasteiger partial charge in [-0.25, -0.2) is 9.97 Å². The molecule has 34 heavy (non-hydrogen) atoms. The minimum absolute atomic E-state index is 0.331. The van der Waals surface area contributed by atoms with E-state index in [0.717, 1.165) is 65.0 Å². The topological polar surface area (TPSA) is 69.2 Å². The normalized spacial score (nSPS) is 14.7. The first-order chi connectivity index (χ1) is 16.7. The lowest BCUT2D eigenvalue weighted by atomic mass is 10.0. The summed E-state index contributed by atoms with van der Waals surface area (Å²) in [6.07, 6.45) is 3.91. The van der Waals surface area contributed by atoms with E-state index in [4.69, 9.17) is 15.5 Å². The van der Waals surface area contributed by atoms with Gasteiger partial charge >= 0.3 is 0 Å². The van der Waals surface area contributed by atoms with Crippen molar-refractivity contribution >= 4 is 27.6 Å². The summed E-state index contributed by atoms with van der Waals surface area (Å²) in [6.45, 7) is 2.55. The highest BCUT2D eigenvalue weighted by atomic mass is 16.5. The van der Waals surface area contributed by atoms with E-state index in [2.05, 4.69) is 52.3 Å². The van der Waals surface area contributed by atoms with Crippen LogP contribution in [-0.2, 0) is 6.61 Å². The van der Waals surface area contributed by atoms with Crippen LogP contribution in [0.4, 0.5) is 5.69 Å². The maximum absolute atomic E-state index is 6.06. The van der Waals surface area contributed by atoms with Crippen molar-refractivity contribution in [1.82, 2.24) is 14.5 Å². The Morgan fingerprint density at radius 2 is 1.74 bits per heavy atom. The van der Waals surface area contributed by atoms with E-state index < -0.39 is 0 Å². The lowest BCUT2D eigenvalue weighted by molar-refractivity contribution is 0.306. The smallest absolute Gasteiger partial charge is 0.139 e. The lowest BCUT2D eigenvalue weighted by Crippen LogP contribution is -2.39. The largest absolute Gasteiger partial charge is 0.489 e. The van der Waals surface area contributed by atoms with Crippen LogP contribution in [0.25, 0.3) is 27.8 Å². The minimum Gasteiger partial charge on any atom is -0.489 e. The van der Waals surface area contributed by atoms with Gasteiger partial charge in [0.15, 0.2) is 0 Å². The van der Waals surface area contributed by atoms with E-state index in [9.17, 15) is 0 Å². The average Bonchev–Trinajstić information content (AvgIpc) is 3.31. The SMILES string of the molecule is NC1CCN(c2ccc3nc(-n4cnc5cc(OCc6ccccc6)ccc54)ccc3c2)CC1. The number of nitrogens with zero attached hydrogens (tertiary/aromatic N) is 4. The first kappa shape index (κ1) is 20.7. The Hall–Kier alpha value is -3.90. The van der Waals surface area contributed by atoms with Crippen molar-refractivity contribution < 1.29 is 4.74 Å². The number of imidazole rings is 1. The van der Waals surface area contributed by atoms with Crippen molar-refractivity contribution in [2.75, 3.05) is 18.0 Å². The Balaban J connectivity index is 1.24. The van der Waals surface area contributed by atoms with Gasteiger partial charge in [0.2, 0.25) is 0 Å². The monoisotopic (exact) mass is 449 g/mol. The second-order valence-corrected chi connectivity index (χ2v) is 8.91. The van der Waals surface area contributed by atoms with Crippen molar-refractivity contribution in [2.24, 2.45) is 5.73 Å². The maximum atomic E-state index is 6.06. The highest BCUT2D eigenvalue weighted by molar-refractivity contribution is 5.84. The average molecular weight is 450 g/mol. The number of ether oxygens (including phenoxy) is 1. The summed E-state index contributed by atoms with van der Waals surface area (Å²) in [5.74, 6) is 1.66. The van der Waals surface area contributed by atoms with E-state index in [1.54, 1.807) is 0 Å². The standard InChI is InChI=1S/C28H27N5O/c29-22-12-14-32(15-13-22)23-7-9-25-21(16-23)6-11-28(31-25)33-19-30-26-17-24(8-10-27(26)33)34-18-20-4-2-1-3-5-20/h1-11,16-17,19,22H,12-15,18,29H2. The second-order valence-electron chi connectivity index (χ2n) is 8.91. The highest BCUT2D eigenvalue weighted by Gasteiger charge is 2.17. The molecular weight excluding hydrogens is 422 g/mol. The number of hydrogen-bond acceptors (Lipinski definition) is 5. The third-order valence-corrected chi connectivity index (χ3v) is 6.58. The van der Waals surface area contributed by atoms with Gasteiger partial charge in [-0.15, -0.1) is 0 Å². The van der Waals surface area contributed by atoms with E-state index >= 15 is 0 Å². The first-order valence-corrected chi connectivity index (χ1v) is 11.8. The number of rotatable bonds is 5. The van der Waals surface area contributed by atoms with Gasteiger partial charge in [-0.05, 0) is 60.9 Å². The van der Waals surface area contributed by atoms with Crippen molar-refractivity contribution in [3.8, 4) is 11.6 Å². The fraction of sp³-hybridized carbons (Fsp3) is 0.214. The molecular formula is C28H27N5O. The van der Waals surface area contributed by atoms with E-state index in [1.165, 1.54) is 5.69 Å². The molecule has 0 atom stereocenters. The van der Waals surface area contributed by atoms with Gasteiger partial charge < -0.3 is 15.4 Å². The number of hydrogen-bond donors (Lipinski definition) is 1. The number of nitrogens with two attached hydrogens (primary N) is 1. The van der Waals surface area contributed by atoms with Crippen LogP contribution in [0.2, 0.25) is 0 Å². The van der Waals surface area contributed by atoms with Gasteiger partial charge in [-0.3, -0.25) is 4.57 Å². The molecule has 3 aromatic carbocycles. The zero-order valence-electron chi connectivity index (χ0n) is 19.0. The Morgan fingerprint density at radius 1 is 0.882 bits per heavy atom. The molecule has 6 nitrogen and oxygen atoms in total. The van der Waals surface area contributed by atoms with Crippen molar-refractivity contribution in [3.05, 3.63) is 90.8 Å². The molecule has 2 N–H and O–H groups in total. The highest BCUT2D eigenvalue weighted by Crippen LogP contribution is 2.27. The van der Waals surface area contributed by atoms with Gasteiger partial charge in [0, 0.05) is 36.3 Å². The third-order valence-electron chi connectivity index (χ3n) is 6.58. The number of benzene rings is 3. The van der Waals surface area contributed by atoms with Crippen LogP contribution < -0.4 is 15.4 Å². The quantitative estimate of drug-likeness (QED) is 0.405. The fourth-order valence-electron chi connectivity index (χ4n) is 4.60. The molecule has 0 amide bonds. The lowest BCUT2D eigenvalue weighted by Gasteiger charge is -2.32. The Morgan fingerprint density at radius 3 is 2.59 bits per heavy atom. The molecule has 0 saturated carbocycles. The van der Waals surface area contributed by atoms with Crippen LogP contribution >= 0.6 is 0 Å². The predicted octanol–water partition coefficient (Wildman–Crippen LogP) is 5.08. The molecule has 1 fully saturated rings. The summed E-state index contributed by atoms with van der Waals surface area (Å²) < 4.78 is 7.99. The number of fused-ring (bicyclic) bond motifs is 2. The molecule has 0 radical (unpaired) electrons. The second kappa shape index (κ2) is 8.80. The Bertz CT molecular complexity index is 1440. The van der Waals surface area contributed by atoms with Gasteiger partial charge in [0.05, 0.1) is 16.6 Å². The summed E-state index contributed by atoms with van der Waals surface area (Å²) in [7, 11) is 0. The fourth-order valence-corrected chi connectivity index (χ4v) is 4.60. The van der Waals surface area contributed by atoms with Gasteiger partial charge in [-0.1, -0.05) is 30.3 Å². The van der Waals surface area contributed by atoms with Crippen molar-refractivity contribution in [1.29, 1.82) is 0 Å². The predicted molar refractivity (Wildman–Crippen MR) is 137 cm³/mol. The van der Waals surface area contributed by atoms with Crippen molar-refractivity contribution in [2.45, 2.75) is 25.5 Å². The summed E-state index contributed by atoms with van der Waals surface area (Å²) in [6, 6.07) is 27.2. The number of anilines is 1. The number of pyridine rings is 1. The molecule has 6 rings (SSSR count). The molecule has 0 aliphatic carbocycles. The van der Waals surface area contributed by atoms with Crippen LogP contribution in [0.1, 0.15) is 18.4 Å². The zero-order chi connectivity index (χ0) is 22.9. The van der Waals surface area contributed by atoms with Crippen LogP contribution in [-0.4, -0.2) is 33.7 Å². The van der Waals surface area contributed by atoms with Crippen LogP contribution in [0, 0.1) is 0 Å². The Kier molecular flexibility index (Phi) is 5.35. The zero-order valence-corrected chi connectivity index (χ0v) is 19.0. The number of aromatic nitrogens is 3. The first-order valence-electron chi connectivity index (χ1n) is 11.8. The molecule has 170 valence electrons. The third kappa shape index (κ3) is 4.08. The summed E-state index contributed by atoms with van der Waals surface area (Å²) in [4.78, 5) is 11.9. The van der Waals surface area contributed by atoms with E-state index in [1.807, 2.05) is 47.3 Å². The number of piperidine rings is 1. The molecule has 6 heteroatoms. The molecule has 0 unspecified atom stereocenters. The molecule has 1 saturated heterocycles. The van der Waals surface area contributed by atoms with Gasteiger partial charge in [-0.2, -0.15) is 0 Å². The summed E-state index contributed by atoms with van der Waals surface area (Å²) >= 11 is 0. The molecule has 1 aliphatic heterocycles. The van der Waals surface area contributed by atoms with Crippen LogP contribution in [0.5, 0.6) is 5.75 Å². The molecule has 0 bridgehead atoms. The molecule has 2 aromatic heterocycles. The molecule has 5 aromatic rings. The molecule has 1 aliphatic rings. The van der Waals surface area contributed by atoms with Crippen molar-refractivity contribution in [3.63, 3.8) is 0 Å². The van der Waals surface area contributed by atoms with Gasteiger partial charge in [0.1, 0.15) is 24.5 Å². The van der Waals surface area contributed by atoms with E-state index in [0.29, 0.717) is 12.6 Å². The summed E-state index contributed by atoms with van der Waals surface area (Å²) in [5, 5.41) is 1.14. The van der Waals surface area contributed by atoms with Crippen LogP contribution in [0.15, 0.2) is 85.2 Å². The maximum Gasteiger partial charge on any atom is 0.139 e. The molecule has 0 spiro atoms. The van der Waals surface area contributed by atoms with Crippen LogP contribution in [0.3, 0.4) is 0 Å². The molecule has 3 heterocycles.